The molecule has 6 rings (SSSR count). The van der Waals surface area contributed by atoms with Gasteiger partial charge in [-0.25, -0.2) is 14.2 Å². The van der Waals surface area contributed by atoms with Crippen LogP contribution < -0.4 is 24.4 Å². The molecule has 0 amide bonds. The summed E-state index contributed by atoms with van der Waals surface area (Å²) >= 11 is 1.21. The normalized spacial score (nSPS) is 14.4. The van der Waals surface area contributed by atoms with E-state index in [0.29, 0.717) is 50.9 Å². The van der Waals surface area contributed by atoms with E-state index in [-0.39, 0.29) is 17.7 Å². The van der Waals surface area contributed by atoms with Gasteiger partial charge in [0.2, 0.25) is 0 Å². The minimum atomic E-state index is -0.888. The lowest BCUT2D eigenvalue weighted by Gasteiger charge is -2.25. The van der Waals surface area contributed by atoms with Gasteiger partial charge in [0.1, 0.15) is 12.4 Å². The molecule has 0 saturated heterocycles. The van der Waals surface area contributed by atoms with E-state index >= 15 is 0 Å². The number of fused-ring (bicyclic) bond motifs is 1. The highest BCUT2D eigenvalue weighted by Crippen LogP contribution is 2.35. The van der Waals surface area contributed by atoms with Crippen LogP contribution in [0.25, 0.3) is 11.8 Å². The van der Waals surface area contributed by atoms with E-state index in [4.69, 9.17) is 19.2 Å². The van der Waals surface area contributed by atoms with Crippen molar-refractivity contribution < 1.29 is 23.4 Å². The summed E-state index contributed by atoms with van der Waals surface area (Å²) in [4.78, 5) is 33.0. The smallest absolute Gasteiger partial charge is 0.338 e. The molecule has 5 aromatic rings. The number of esters is 1. The average Bonchev–Trinajstić information content (AvgIpc) is 3.39. The second-order valence-corrected chi connectivity index (χ2v) is 11.4. The third kappa shape index (κ3) is 6.41. The number of carbonyl (C=O) groups is 1. The molecule has 1 aromatic heterocycles. The van der Waals surface area contributed by atoms with Gasteiger partial charge in [0.25, 0.3) is 5.56 Å². The van der Waals surface area contributed by atoms with Gasteiger partial charge in [0, 0.05) is 5.56 Å². The lowest BCUT2D eigenvalue weighted by Crippen LogP contribution is -2.40. The molecule has 46 heavy (non-hydrogen) atoms. The maximum atomic E-state index is 14.2. The molecule has 0 spiro atoms. The van der Waals surface area contributed by atoms with E-state index in [2.05, 4.69) is 0 Å². The molecule has 232 valence electrons. The highest BCUT2D eigenvalue weighted by molar-refractivity contribution is 7.07. The molecule has 1 atom stereocenters. The fourth-order valence-corrected chi connectivity index (χ4v) is 6.29. The van der Waals surface area contributed by atoms with Crippen LogP contribution in [0.2, 0.25) is 0 Å². The maximum Gasteiger partial charge on any atom is 0.338 e. The predicted molar refractivity (Wildman–Crippen MR) is 176 cm³/mol. The van der Waals surface area contributed by atoms with E-state index in [0.717, 1.165) is 11.1 Å². The Balaban J connectivity index is 1.48. The van der Waals surface area contributed by atoms with E-state index in [9.17, 15) is 14.0 Å². The van der Waals surface area contributed by atoms with E-state index in [1.807, 2.05) is 85.8 Å². The van der Waals surface area contributed by atoms with Crippen molar-refractivity contribution in [2.24, 2.45) is 4.99 Å². The van der Waals surface area contributed by atoms with Crippen LogP contribution in [-0.4, -0.2) is 23.8 Å². The SMILES string of the molecule is CCOC(=O)C1=C(c2ccccc2)N=c2s/c(=C\c3ccc(OCc4ccccc4)c(OCC)c3)c(=O)n2[C@@H]1c1ccc(F)cc1. The number of halogens is 1. The molecule has 4 aromatic carbocycles. The molecule has 0 fully saturated rings. The van der Waals surface area contributed by atoms with Crippen LogP contribution in [0.3, 0.4) is 0 Å². The van der Waals surface area contributed by atoms with Gasteiger partial charge in [-0.3, -0.25) is 9.36 Å². The summed E-state index contributed by atoms with van der Waals surface area (Å²) in [6.45, 7) is 4.57. The zero-order valence-corrected chi connectivity index (χ0v) is 26.1. The first-order valence-corrected chi connectivity index (χ1v) is 15.8. The molecule has 0 aliphatic carbocycles. The topological polar surface area (TPSA) is 79.1 Å². The van der Waals surface area contributed by atoms with Gasteiger partial charge in [-0.15, -0.1) is 0 Å². The van der Waals surface area contributed by atoms with Crippen molar-refractivity contribution in [2.75, 3.05) is 13.2 Å². The Labute approximate surface area is 269 Å². The summed E-state index contributed by atoms with van der Waals surface area (Å²) in [5, 5.41) is 0. The number of rotatable bonds is 10. The van der Waals surface area contributed by atoms with Gasteiger partial charge in [-0.05, 0) is 60.9 Å². The Morgan fingerprint density at radius 3 is 2.30 bits per heavy atom. The predicted octanol–water partition coefficient (Wildman–Crippen LogP) is 6.05. The second-order valence-electron chi connectivity index (χ2n) is 10.4. The molecular formula is C37H31FN2O5S. The number of thiazole rings is 1. The highest BCUT2D eigenvalue weighted by Gasteiger charge is 2.35. The highest BCUT2D eigenvalue weighted by atomic mass is 32.1. The van der Waals surface area contributed by atoms with Gasteiger partial charge in [-0.1, -0.05) is 90.2 Å². The van der Waals surface area contributed by atoms with Gasteiger partial charge in [0.05, 0.1) is 35.1 Å². The van der Waals surface area contributed by atoms with Crippen molar-refractivity contribution in [3.63, 3.8) is 0 Å². The maximum absolute atomic E-state index is 14.2. The number of nitrogens with zero attached hydrogens (tertiary/aromatic N) is 2. The molecule has 0 saturated carbocycles. The summed E-state index contributed by atoms with van der Waals surface area (Å²) in [5.74, 6) is 0.121. The van der Waals surface area contributed by atoms with Gasteiger partial charge < -0.3 is 14.2 Å². The first kappa shape index (κ1) is 30.7. The molecular weight excluding hydrogens is 603 g/mol. The molecule has 9 heteroatoms. The molecule has 2 heterocycles. The summed E-state index contributed by atoms with van der Waals surface area (Å²) in [6, 6.07) is 29.5. The van der Waals surface area contributed by atoms with Gasteiger partial charge >= 0.3 is 5.97 Å². The minimum Gasteiger partial charge on any atom is -0.490 e. The first-order valence-electron chi connectivity index (χ1n) is 14.9. The Morgan fingerprint density at radius 2 is 1.61 bits per heavy atom. The minimum absolute atomic E-state index is 0.137. The zero-order valence-electron chi connectivity index (χ0n) is 25.3. The third-order valence-electron chi connectivity index (χ3n) is 7.36. The number of benzene rings is 4. The van der Waals surface area contributed by atoms with E-state index in [1.54, 1.807) is 25.1 Å². The first-order chi connectivity index (χ1) is 22.5. The fourth-order valence-electron chi connectivity index (χ4n) is 5.29. The lowest BCUT2D eigenvalue weighted by atomic mass is 9.93. The molecule has 0 N–H and O–H groups in total. The molecule has 1 aliphatic heterocycles. The molecule has 1 aliphatic rings. The second kappa shape index (κ2) is 13.8. The number of ether oxygens (including phenoxy) is 3. The Morgan fingerprint density at radius 1 is 0.891 bits per heavy atom. The van der Waals surface area contributed by atoms with Crippen LogP contribution in [0.1, 0.15) is 42.1 Å². The van der Waals surface area contributed by atoms with Crippen molar-refractivity contribution in [3.8, 4) is 11.5 Å². The summed E-state index contributed by atoms with van der Waals surface area (Å²) in [7, 11) is 0. The number of hydrogen-bond donors (Lipinski definition) is 0. The van der Waals surface area contributed by atoms with Crippen LogP contribution in [0.4, 0.5) is 4.39 Å². The fraction of sp³-hybridized carbons (Fsp3) is 0.162. The molecule has 0 radical (unpaired) electrons. The van der Waals surface area contributed by atoms with E-state index < -0.39 is 17.8 Å². The van der Waals surface area contributed by atoms with E-state index in [1.165, 1.54) is 28.0 Å². The van der Waals surface area contributed by atoms with Crippen molar-refractivity contribution in [1.29, 1.82) is 0 Å². The number of hydrogen-bond acceptors (Lipinski definition) is 7. The van der Waals surface area contributed by atoms with Crippen LogP contribution in [-0.2, 0) is 16.1 Å². The van der Waals surface area contributed by atoms with Crippen molar-refractivity contribution >= 4 is 29.1 Å². The van der Waals surface area contributed by atoms with Gasteiger partial charge in [-0.2, -0.15) is 0 Å². The summed E-state index contributed by atoms with van der Waals surface area (Å²) in [5.41, 5.74) is 3.28. The quantitative estimate of drug-likeness (QED) is 0.175. The van der Waals surface area contributed by atoms with Crippen molar-refractivity contribution in [3.05, 3.63) is 156 Å². The number of aromatic nitrogens is 1. The van der Waals surface area contributed by atoms with Crippen molar-refractivity contribution in [2.45, 2.75) is 26.5 Å². The summed E-state index contributed by atoms with van der Waals surface area (Å²) in [6.07, 6.45) is 1.77. The van der Waals surface area contributed by atoms with Crippen molar-refractivity contribution in [1.82, 2.24) is 4.57 Å². The van der Waals surface area contributed by atoms with Crippen LogP contribution in [0, 0.1) is 5.82 Å². The van der Waals surface area contributed by atoms with Crippen LogP contribution >= 0.6 is 11.3 Å². The Kier molecular flexibility index (Phi) is 9.21. The standard InChI is InChI=1S/C37H31FN2O5S/c1-3-43-30-21-25(15-20-29(30)45-23-24-11-7-5-8-12-24)22-31-35(41)40-34(27-16-18-28(38)19-17-27)32(36(42)44-4-2)33(39-37(40)46-31)26-13-9-6-10-14-26/h5-22,34H,3-4,23H2,1-2H3/b31-22-/t34-/m1/s1. The lowest BCUT2D eigenvalue weighted by molar-refractivity contribution is -0.138. The largest absolute Gasteiger partial charge is 0.490 e. The van der Waals surface area contributed by atoms with Crippen LogP contribution in [0.15, 0.2) is 118 Å². The molecule has 0 unspecified atom stereocenters. The monoisotopic (exact) mass is 634 g/mol. The number of carbonyl (C=O) groups excluding carboxylic acids is 1. The Hall–Kier alpha value is -5.28. The molecule has 0 bridgehead atoms. The van der Waals surface area contributed by atoms with Gasteiger partial charge in [0.15, 0.2) is 16.3 Å². The zero-order chi connectivity index (χ0) is 32.0. The van der Waals surface area contributed by atoms with Crippen LogP contribution in [0.5, 0.6) is 11.5 Å². The third-order valence-corrected chi connectivity index (χ3v) is 8.34. The average molecular weight is 635 g/mol. The Bertz CT molecular complexity index is 2070. The molecule has 7 nitrogen and oxygen atoms in total. The summed E-state index contributed by atoms with van der Waals surface area (Å²) < 4.78 is 33.4.